The van der Waals surface area contributed by atoms with Gasteiger partial charge in [-0.3, -0.25) is 9.59 Å². The number of carbonyl (C=O) groups is 2. The van der Waals surface area contributed by atoms with Gasteiger partial charge in [0, 0.05) is 17.1 Å². The van der Waals surface area contributed by atoms with E-state index < -0.39 is 11.7 Å². The summed E-state index contributed by atoms with van der Waals surface area (Å²) in [6.07, 6.45) is 0.367. The lowest BCUT2D eigenvalue weighted by molar-refractivity contribution is -0.121. The highest BCUT2D eigenvalue weighted by molar-refractivity contribution is 7.99. The fraction of sp³-hybridized carbons (Fsp3) is 0.176. The number of hydrogen-bond acceptors (Lipinski definition) is 3. The smallest absolute Gasteiger partial charge is 0.244 e. The highest BCUT2D eigenvalue weighted by Crippen LogP contribution is 2.33. The van der Waals surface area contributed by atoms with E-state index in [-0.39, 0.29) is 18.1 Å². The number of hydrogen-bond donors (Lipinski definition) is 1. The largest absolute Gasteiger partial charge is 0.322 e. The second kappa shape index (κ2) is 6.83. The first kappa shape index (κ1) is 15.6. The van der Waals surface area contributed by atoms with Gasteiger partial charge < -0.3 is 10.2 Å². The fourth-order valence-corrected chi connectivity index (χ4v) is 3.39. The Labute approximate surface area is 137 Å². The molecule has 0 aromatic heterocycles. The molecule has 23 heavy (non-hydrogen) atoms. The Morgan fingerprint density at radius 2 is 1.91 bits per heavy atom. The number of thioether (sulfide) groups is 1. The number of fused-ring (bicyclic) bond motifs is 1. The van der Waals surface area contributed by atoms with Crippen molar-refractivity contribution in [2.75, 3.05) is 22.5 Å². The monoisotopic (exact) mass is 330 g/mol. The molecule has 0 saturated heterocycles. The number of para-hydroxylation sites is 2. The third-order valence-electron chi connectivity index (χ3n) is 3.48. The molecule has 1 aliphatic rings. The molecule has 0 unspecified atom stereocenters. The predicted molar refractivity (Wildman–Crippen MR) is 89.2 cm³/mol. The van der Waals surface area contributed by atoms with Crippen LogP contribution in [0.3, 0.4) is 0 Å². The average Bonchev–Trinajstić information content (AvgIpc) is 2.70. The normalized spacial score (nSPS) is 14.1. The van der Waals surface area contributed by atoms with Crippen LogP contribution in [0.5, 0.6) is 0 Å². The molecule has 0 saturated carbocycles. The first-order valence-electron chi connectivity index (χ1n) is 7.22. The van der Waals surface area contributed by atoms with E-state index in [2.05, 4.69) is 5.32 Å². The molecule has 118 valence electrons. The predicted octanol–water partition coefficient (Wildman–Crippen LogP) is 3.29. The first-order chi connectivity index (χ1) is 11.1. The number of carbonyl (C=O) groups excluding carboxylic acids is 2. The Morgan fingerprint density at radius 1 is 1.17 bits per heavy atom. The summed E-state index contributed by atoms with van der Waals surface area (Å²) in [6.45, 7) is -0.134. The van der Waals surface area contributed by atoms with Gasteiger partial charge >= 0.3 is 0 Å². The van der Waals surface area contributed by atoms with Gasteiger partial charge in [0.2, 0.25) is 11.8 Å². The van der Waals surface area contributed by atoms with Crippen molar-refractivity contribution in [3.05, 3.63) is 54.3 Å². The molecule has 2 aromatic carbocycles. The molecule has 1 N–H and O–H groups in total. The average molecular weight is 330 g/mol. The van der Waals surface area contributed by atoms with E-state index in [0.717, 1.165) is 10.6 Å². The summed E-state index contributed by atoms with van der Waals surface area (Å²) < 4.78 is 13.6. The van der Waals surface area contributed by atoms with Gasteiger partial charge in [-0.15, -0.1) is 11.8 Å². The Balaban J connectivity index is 1.79. The molecule has 4 nitrogen and oxygen atoms in total. The zero-order valence-electron chi connectivity index (χ0n) is 12.3. The Bertz CT molecular complexity index is 751. The molecule has 1 heterocycles. The molecule has 0 fully saturated rings. The van der Waals surface area contributed by atoms with Crippen LogP contribution < -0.4 is 10.2 Å². The summed E-state index contributed by atoms with van der Waals surface area (Å²) in [7, 11) is 0. The van der Waals surface area contributed by atoms with Crippen molar-refractivity contribution in [2.24, 2.45) is 0 Å². The van der Waals surface area contributed by atoms with E-state index in [9.17, 15) is 14.0 Å². The fourth-order valence-electron chi connectivity index (χ4n) is 2.39. The van der Waals surface area contributed by atoms with Crippen LogP contribution in [0.15, 0.2) is 53.4 Å². The molecule has 6 heteroatoms. The summed E-state index contributed by atoms with van der Waals surface area (Å²) in [5.41, 5.74) is 0.839. The highest BCUT2D eigenvalue weighted by Gasteiger charge is 2.24. The van der Waals surface area contributed by atoms with E-state index in [1.807, 2.05) is 24.3 Å². The number of anilines is 2. The minimum absolute atomic E-state index is 0.105. The lowest BCUT2D eigenvalue weighted by atomic mass is 10.2. The summed E-state index contributed by atoms with van der Waals surface area (Å²) in [6, 6.07) is 13.4. The van der Waals surface area contributed by atoms with E-state index >= 15 is 0 Å². The highest BCUT2D eigenvalue weighted by atomic mass is 32.2. The quantitative estimate of drug-likeness (QED) is 0.939. The maximum Gasteiger partial charge on any atom is 0.244 e. The van der Waals surface area contributed by atoms with Crippen molar-refractivity contribution >= 4 is 35.0 Å². The van der Waals surface area contributed by atoms with E-state index in [1.165, 1.54) is 17.0 Å². The van der Waals surface area contributed by atoms with Crippen molar-refractivity contribution in [3.63, 3.8) is 0 Å². The molecule has 0 spiro atoms. The number of halogens is 1. The van der Waals surface area contributed by atoms with Crippen molar-refractivity contribution in [1.82, 2.24) is 0 Å². The number of nitrogens with one attached hydrogen (secondary N) is 1. The van der Waals surface area contributed by atoms with E-state index in [0.29, 0.717) is 12.2 Å². The van der Waals surface area contributed by atoms with Crippen molar-refractivity contribution in [1.29, 1.82) is 0 Å². The summed E-state index contributed by atoms with van der Waals surface area (Å²) in [5, 5.41) is 2.51. The second-order valence-corrected chi connectivity index (χ2v) is 6.21. The van der Waals surface area contributed by atoms with Gasteiger partial charge in [-0.2, -0.15) is 0 Å². The van der Waals surface area contributed by atoms with E-state index in [4.69, 9.17) is 0 Å². The molecule has 1 aliphatic heterocycles. The molecule has 3 rings (SSSR count). The van der Waals surface area contributed by atoms with Crippen LogP contribution in [0.4, 0.5) is 15.8 Å². The molecular formula is C17H15FN2O2S. The summed E-state index contributed by atoms with van der Waals surface area (Å²) in [4.78, 5) is 26.9. The standard InChI is InChI=1S/C17H15FN2O2S/c18-12-5-1-2-6-13(12)19-16(21)11-20-14-7-3-4-8-15(14)23-10-9-17(20)22/h1-8H,9-11H2,(H,19,21). The molecular weight excluding hydrogens is 315 g/mol. The van der Waals surface area contributed by atoms with Crippen LogP contribution >= 0.6 is 11.8 Å². The Morgan fingerprint density at radius 3 is 2.74 bits per heavy atom. The number of rotatable bonds is 3. The van der Waals surface area contributed by atoms with Crippen LogP contribution in [-0.2, 0) is 9.59 Å². The van der Waals surface area contributed by atoms with Gasteiger partial charge in [-0.25, -0.2) is 4.39 Å². The summed E-state index contributed by atoms with van der Waals surface area (Å²) in [5.74, 6) is -0.350. The molecule has 0 aliphatic carbocycles. The second-order valence-electron chi connectivity index (χ2n) is 5.07. The molecule has 0 radical (unpaired) electrons. The Hall–Kier alpha value is -2.34. The van der Waals surface area contributed by atoms with Crippen LogP contribution in [0.1, 0.15) is 6.42 Å². The molecule has 0 atom stereocenters. The SMILES string of the molecule is O=C(CN1C(=O)CCSc2ccccc21)Nc1ccccc1F. The lowest BCUT2D eigenvalue weighted by Crippen LogP contribution is -2.38. The maximum absolute atomic E-state index is 13.6. The topological polar surface area (TPSA) is 49.4 Å². The zero-order chi connectivity index (χ0) is 16.2. The third kappa shape index (κ3) is 3.53. The minimum Gasteiger partial charge on any atom is -0.322 e. The molecule has 2 amide bonds. The van der Waals surface area contributed by atoms with Gasteiger partial charge in [0.05, 0.1) is 11.4 Å². The number of nitrogens with zero attached hydrogens (tertiary/aromatic N) is 1. The lowest BCUT2D eigenvalue weighted by Gasteiger charge is -2.22. The minimum atomic E-state index is -0.501. The summed E-state index contributed by atoms with van der Waals surface area (Å²) >= 11 is 1.60. The van der Waals surface area contributed by atoms with Crippen LogP contribution in [0.2, 0.25) is 0 Å². The van der Waals surface area contributed by atoms with Gasteiger partial charge in [0.25, 0.3) is 0 Å². The van der Waals surface area contributed by atoms with Crippen molar-refractivity contribution in [3.8, 4) is 0 Å². The van der Waals surface area contributed by atoms with Crippen LogP contribution in [0.25, 0.3) is 0 Å². The maximum atomic E-state index is 13.6. The molecule has 0 bridgehead atoms. The van der Waals surface area contributed by atoms with Crippen molar-refractivity contribution in [2.45, 2.75) is 11.3 Å². The van der Waals surface area contributed by atoms with Gasteiger partial charge in [-0.1, -0.05) is 24.3 Å². The number of amides is 2. The van der Waals surface area contributed by atoms with Crippen molar-refractivity contribution < 1.29 is 14.0 Å². The van der Waals surface area contributed by atoms with Gasteiger partial charge in [0.1, 0.15) is 12.4 Å². The van der Waals surface area contributed by atoms with E-state index in [1.54, 1.807) is 23.9 Å². The van der Waals surface area contributed by atoms with Crippen LogP contribution in [-0.4, -0.2) is 24.1 Å². The molecule has 2 aromatic rings. The van der Waals surface area contributed by atoms with Gasteiger partial charge in [0.15, 0.2) is 0 Å². The zero-order valence-corrected chi connectivity index (χ0v) is 13.1. The number of benzene rings is 2. The van der Waals surface area contributed by atoms with Gasteiger partial charge in [-0.05, 0) is 24.3 Å². The first-order valence-corrected chi connectivity index (χ1v) is 8.20. The van der Waals surface area contributed by atoms with Crippen LogP contribution in [0, 0.1) is 5.82 Å². The third-order valence-corrected chi connectivity index (χ3v) is 4.54. The Kier molecular flexibility index (Phi) is 4.62.